The highest BCUT2D eigenvalue weighted by atomic mass is 79.9. The van der Waals surface area contributed by atoms with Crippen LogP contribution in [0, 0.1) is 0 Å². The Labute approximate surface area is 116 Å². The predicted molar refractivity (Wildman–Crippen MR) is 81.1 cm³/mol. The average molecular weight is 308 g/mol. The molecule has 2 aromatic rings. The fourth-order valence-corrected chi connectivity index (χ4v) is 2.20. The van der Waals surface area contributed by atoms with Gasteiger partial charge in [-0.2, -0.15) is 0 Å². The Kier molecular flexibility index (Phi) is 4.55. The van der Waals surface area contributed by atoms with Gasteiger partial charge in [0, 0.05) is 22.6 Å². The van der Waals surface area contributed by atoms with Crippen LogP contribution in [0.2, 0.25) is 0 Å². The van der Waals surface area contributed by atoms with Crippen LogP contribution in [0.25, 0.3) is 10.8 Å². The van der Waals surface area contributed by atoms with Crippen molar-refractivity contribution in [1.29, 1.82) is 0 Å². The van der Waals surface area contributed by atoms with Gasteiger partial charge in [0.25, 0.3) is 0 Å². The Balaban J connectivity index is 2.01. The molecule has 0 aliphatic heterocycles. The highest BCUT2D eigenvalue weighted by molar-refractivity contribution is 9.10. The van der Waals surface area contributed by atoms with Gasteiger partial charge in [-0.25, -0.2) is 4.98 Å². The first-order valence-corrected chi connectivity index (χ1v) is 6.88. The lowest BCUT2D eigenvalue weighted by Crippen LogP contribution is -2.16. The Morgan fingerprint density at radius 2 is 2.06 bits per heavy atom. The van der Waals surface area contributed by atoms with Gasteiger partial charge < -0.3 is 10.2 Å². The maximum absolute atomic E-state index is 4.41. The Morgan fingerprint density at radius 1 is 1.22 bits per heavy atom. The quantitative estimate of drug-likeness (QED) is 0.859. The number of hydrogen-bond donors (Lipinski definition) is 1. The normalized spacial score (nSPS) is 11.1. The molecule has 0 unspecified atom stereocenters. The number of fused-ring (bicyclic) bond motifs is 1. The number of anilines is 1. The molecule has 0 aliphatic carbocycles. The zero-order valence-corrected chi connectivity index (χ0v) is 12.4. The fourth-order valence-electron chi connectivity index (χ4n) is 1.82. The van der Waals surface area contributed by atoms with Crippen LogP contribution in [-0.2, 0) is 0 Å². The molecule has 18 heavy (non-hydrogen) atoms. The van der Waals surface area contributed by atoms with Crippen LogP contribution in [0.4, 0.5) is 5.82 Å². The predicted octanol–water partition coefficient (Wildman–Crippen LogP) is 3.36. The summed E-state index contributed by atoms with van der Waals surface area (Å²) in [5.41, 5.74) is 0. The number of rotatable bonds is 5. The molecule has 0 aliphatic rings. The third kappa shape index (κ3) is 3.68. The Bertz CT molecular complexity index is 525. The zero-order chi connectivity index (χ0) is 13.0. The van der Waals surface area contributed by atoms with Gasteiger partial charge >= 0.3 is 0 Å². The molecular weight excluding hydrogens is 290 g/mol. The van der Waals surface area contributed by atoms with Crippen LogP contribution in [0.5, 0.6) is 0 Å². The van der Waals surface area contributed by atoms with Crippen LogP contribution in [0.15, 0.2) is 34.9 Å². The van der Waals surface area contributed by atoms with Crippen molar-refractivity contribution in [2.45, 2.75) is 6.42 Å². The maximum atomic E-state index is 4.41. The monoisotopic (exact) mass is 307 g/mol. The first-order valence-electron chi connectivity index (χ1n) is 6.09. The second-order valence-electron chi connectivity index (χ2n) is 4.64. The number of hydrogen-bond acceptors (Lipinski definition) is 3. The second-order valence-corrected chi connectivity index (χ2v) is 5.56. The highest BCUT2D eigenvalue weighted by Crippen LogP contribution is 2.21. The molecule has 0 bridgehead atoms. The summed E-state index contributed by atoms with van der Waals surface area (Å²) >= 11 is 3.49. The van der Waals surface area contributed by atoms with Gasteiger partial charge in [0.2, 0.25) is 0 Å². The minimum Gasteiger partial charge on any atom is -0.370 e. The summed E-state index contributed by atoms with van der Waals surface area (Å²) in [6.45, 7) is 2.04. The minimum atomic E-state index is 0.944. The van der Waals surface area contributed by atoms with Crippen LogP contribution < -0.4 is 5.32 Å². The lowest BCUT2D eigenvalue weighted by atomic mass is 10.2. The van der Waals surface area contributed by atoms with E-state index in [0.29, 0.717) is 0 Å². The third-order valence-electron chi connectivity index (χ3n) is 2.77. The molecule has 2 rings (SSSR count). The second kappa shape index (κ2) is 6.16. The van der Waals surface area contributed by atoms with Crippen LogP contribution in [0.1, 0.15) is 6.42 Å². The van der Waals surface area contributed by atoms with E-state index in [4.69, 9.17) is 0 Å². The summed E-state index contributed by atoms with van der Waals surface area (Å²) < 4.78 is 1.10. The summed E-state index contributed by atoms with van der Waals surface area (Å²) in [5.74, 6) is 0.944. The summed E-state index contributed by atoms with van der Waals surface area (Å²) in [6, 6.07) is 8.31. The number of pyridine rings is 1. The van der Waals surface area contributed by atoms with Crippen LogP contribution in [-0.4, -0.2) is 37.1 Å². The average Bonchev–Trinajstić information content (AvgIpc) is 2.34. The molecule has 0 saturated heterocycles. The van der Waals surface area contributed by atoms with Crippen LogP contribution in [0.3, 0.4) is 0 Å². The lowest BCUT2D eigenvalue weighted by Gasteiger charge is -2.10. The van der Waals surface area contributed by atoms with Crippen molar-refractivity contribution >= 4 is 32.5 Å². The van der Waals surface area contributed by atoms with Gasteiger partial charge in [0.05, 0.1) is 0 Å². The van der Waals surface area contributed by atoms with E-state index < -0.39 is 0 Å². The number of nitrogens with zero attached hydrogens (tertiary/aromatic N) is 2. The molecule has 1 N–H and O–H groups in total. The largest absolute Gasteiger partial charge is 0.370 e. The smallest absolute Gasteiger partial charge is 0.126 e. The number of aromatic nitrogens is 1. The lowest BCUT2D eigenvalue weighted by molar-refractivity contribution is 0.405. The molecule has 3 nitrogen and oxygen atoms in total. The fraction of sp³-hybridized carbons (Fsp3) is 0.357. The summed E-state index contributed by atoms with van der Waals surface area (Å²) in [6.07, 6.45) is 3.03. The van der Waals surface area contributed by atoms with E-state index in [1.165, 1.54) is 5.39 Å². The third-order valence-corrected chi connectivity index (χ3v) is 3.27. The number of benzene rings is 1. The molecule has 0 saturated carbocycles. The molecule has 0 radical (unpaired) electrons. The van der Waals surface area contributed by atoms with E-state index in [1.54, 1.807) is 0 Å². The van der Waals surface area contributed by atoms with E-state index in [2.05, 4.69) is 63.4 Å². The minimum absolute atomic E-state index is 0.944. The number of nitrogens with one attached hydrogen (secondary N) is 1. The first-order chi connectivity index (χ1) is 8.65. The summed E-state index contributed by atoms with van der Waals surface area (Å²) in [7, 11) is 4.18. The van der Waals surface area contributed by atoms with Gasteiger partial charge in [0.1, 0.15) is 5.82 Å². The van der Waals surface area contributed by atoms with E-state index in [1.807, 2.05) is 12.3 Å². The SMILES string of the molecule is CN(C)CCCNc1cc2cc(Br)ccc2cn1. The molecule has 0 atom stereocenters. The van der Waals surface area contributed by atoms with Gasteiger partial charge in [-0.1, -0.05) is 22.0 Å². The first kappa shape index (κ1) is 13.3. The molecule has 1 aromatic heterocycles. The summed E-state index contributed by atoms with van der Waals surface area (Å²) in [4.78, 5) is 6.60. The van der Waals surface area contributed by atoms with Gasteiger partial charge in [0.15, 0.2) is 0 Å². The van der Waals surface area contributed by atoms with Gasteiger partial charge in [-0.15, -0.1) is 0 Å². The van der Waals surface area contributed by atoms with E-state index >= 15 is 0 Å². The Morgan fingerprint density at radius 3 is 2.83 bits per heavy atom. The van der Waals surface area contributed by atoms with Gasteiger partial charge in [-0.3, -0.25) is 0 Å². The number of halogens is 1. The summed E-state index contributed by atoms with van der Waals surface area (Å²) in [5, 5.41) is 5.73. The van der Waals surface area contributed by atoms with Crippen molar-refractivity contribution in [3.8, 4) is 0 Å². The van der Waals surface area contributed by atoms with E-state index in [9.17, 15) is 0 Å². The molecule has 1 aromatic carbocycles. The molecule has 0 amide bonds. The molecule has 0 spiro atoms. The van der Waals surface area contributed by atoms with Gasteiger partial charge in [-0.05, 0) is 50.6 Å². The van der Waals surface area contributed by atoms with Crippen molar-refractivity contribution < 1.29 is 0 Å². The molecule has 4 heteroatoms. The van der Waals surface area contributed by atoms with Crippen molar-refractivity contribution in [3.05, 3.63) is 34.9 Å². The molecular formula is C14H18BrN3. The Hall–Kier alpha value is -1.13. The zero-order valence-electron chi connectivity index (χ0n) is 10.8. The molecule has 96 valence electrons. The van der Waals surface area contributed by atoms with Crippen LogP contribution >= 0.6 is 15.9 Å². The maximum Gasteiger partial charge on any atom is 0.126 e. The van der Waals surface area contributed by atoms with Crippen molar-refractivity contribution in [2.75, 3.05) is 32.5 Å². The molecule has 0 fully saturated rings. The van der Waals surface area contributed by atoms with Crippen molar-refractivity contribution in [3.63, 3.8) is 0 Å². The topological polar surface area (TPSA) is 28.2 Å². The highest BCUT2D eigenvalue weighted by Gasteiger charge is 1.99. The van der Waals surface area contributed by atoms with Crippen molar-refractivity contribution in [2.24, 2.45) is 0 Å². The molecule has 1 heterocycles. The standard InChI is InChI=1S/C14H18BrN3/c1-18(2)7-3-6-16-14-9-12-8-13(15)5-4-11(12)10-17-14/h4-5,8-10H,3,6-7H2,1-2H3,(H,16,17). The van der Waals surface area contributed by atoms with E-state index in [0.717, 1.165) is 35.2 Å². The van der Waals surface area contributed by atoms with E-state index in [-0.39, 0.29) is 0 Å². The van der Waals surface area contributed by atoms with Crippen molar-refractivity contribution in [1.82, 2.24) is 9.88 Å².